The van der Waals surface area contributed by atoms with Gasteiger partial charge < -0.3 is 15.2 Å². The number of amides is 1. The number of carbonyl (C=O) groups excluding carboxylic acids is 1. The first-order valence-electron chi connectivity index (χ1n) is 10.3. The lowest BCUT2D eigenvalue weighted by molar-refractivity contribution is -0.904. The number of para-hydroxylation sites is 1. The molecule has 1 unspecified atom stereocenters. The van der Waals surface area contributed by atoms with Crippen molar-refractivity contribution in [2.75, 3.05) is 13.1 Å². The van der Waals surface area contributed by atoms with Crippen LogP contribution in [0.2, 0.25) is 0 Å². The monoisotopic (exact) mass is 391 g/mol. The first-order chi connectivity index (χ1) is 14.1. The van der Waals surface area contributed by atoms with Crippen LogP contribution in [0.25, 0.3) is 10.9 Å². The number of fused-ring (bicyclic) bond motifs is 2. The van der Waals surface area contributed by atoms with Crippen molar-refractivity contribution in [3.05, 3.63) is 75.8 Å². The molecule has 0 saturated carbocycles. The normalized spacial score (nSPS) is 16.9. The zero-order valence-electron chi connectivity index (χ0n) is 16.7. The van der Waals surface area contributed by atoms with Gasteiger partial charge in [0.05, 0.1) is 23.5 Å². The fourth-order valence-corrected chi connectivity index (χ4v) is 4.14. The molecular weight excluding hydrogens is 364 g/mol. The highest BCUT2D eigenvalue weighted by Gasteiger charge is 2.23. The molecule has 6 nitrogen and oxygen atoms in total. The Bertz CT molecular complexity index is 1080. The lowest BCUT2D eigenvalue weighted by Gasteiger charge is -2.27. The maximum absolute atomic E-state index is 12.7. The molecule has 0 spiro atoms. The molecule has 0 fully saturated rings. The van der Waals surface area contributed by atoms with E-state index >= 15 is 0 Å². The largest absolute Gasteiger partial charge is 0.344 e. The molecule has 4 rings (SSSR count). The van der Waals surface area contributed by atoms with Crippen LogP contribution in [0.1, 0.15) is 42.8 Å². The summed E-state index contributed by atoms with van der Waals surface area (Å²) in [7, 11) is 0. The Labute approximate surface area is 170 Å². The number of aromatic nitrogens is 2. The van der Waals surface area contributed by atoms with E-state index in [9.17, 15) is 9.59 Å². The number of carbonyl (C=O) groups is 1. The summed E-state index contributed by atoms with van der Waals surface area (Å²) in [6.45, 7) is 3.67. The summed E-state index contributed by atoms with van der Waals surface area (Å²) in [6, 6.07) is 15.8. The number of hydrogen-bond donors (Lipinski definition) is 3. The van der Waals surface area contributed by atoms with Crippen molar-refractivity contribution in [3.63, 3.8) is 0 Å². The SMILES string of the molecule is CC[NH+](CC(=O)N[C@H]1CCCc2ccccc21)Cc1nc2ccccc2c(=O)[nH]1. The molecule has 2 atom stereocenters. The van der Waals surface area contributed by atoms with Crippen LogP contribution in [-0.4, -0.2) is 29.0 Å². The van der Waals surface area contributed by atoms with Gasteiger partial charge in [-0.2, -0.15) is 0 Å². The van der Waals surface area contributed by atoms with E-state index in [1.54, 1.807) is 6.07 Å². The Balaban J connectivity index is 1.43. The van der Waals surface area contributed by atoms with E-state index in [4.69, 9.17) is 0 Å². The minimum atomic E-state index is -0.135. The van der Waals surface area contributed by atoms with Crippen LogP contribution in [0.4, 0.5) is 0 Å². The van der Waals surface area contributed by atoms with Crippen molar-refractivity contribution in [1.29, 1.82) is 0 Å². The van der Waals surface area contributed by atoms with E-state index in [0.29, 0.717) is 29.8 Å². The molecule has 1 aromatic heterocycles. The number of quaternary nitrogens is 1. The first-order valence-corrected chi connectivity index (χ1v) is 10.3. The third-order valence-corrected chi connectivity index (χ3v) is 5.69. The smallest absolute Gasteiger partial charge is 0.275 e. The second-order valence-electron chi connectivity index (χ2n) is 7.70. The third-order valence-electron chi connectivity index (χ3n) is 5.69. The zero-order valence-corrected chi connectivity index (χ0v) is 16.7. The predicted octanol–water partition coefficient (Wildman–Crippen LogP) is 1.52. The Kier molecular flexibility index (Phi) is 5.71. The van der Waals surface area contributed by atoms with Gasteiger partial charge in [0.1, 0.15) is 6.54 Å². The van der Waals surface area contributed by atoms with Crippen molar-refractivity contribution in [3.8, 4) is 0 Å². The summed E-state index contributed by atoms with van der Waals surface area (Å²) in [5, 5.41) is 3.80. The fraction of sp³-hybridized carbons (Fsp3) is 0.348. The summed E-state index contributed by atoms with van der Waals surface area (Å²) >= 11 is 0. The second-order valence-corrected chi connectivity index (χ2v) is 7.70. The first kappa shape index (κ1) is 19.3. The van der Waals surface area contributed by atoms with E-state index in [-0.39, 0.29) is 17.5 Å². The third kappa shape index (κ3) is 4.38. The maximum atomic E-state index is 12.7. The quantitative estimate of drug-likeness (QED) is 0.596. The molecule has 0 bridgehead atoms. The number of nitrogens with zero attached hydrogens (tertiary/aromatic N) is 1. The summed E-state index contributed by atoms with van der Waals surface area (Å²) in [5.74, 6) is 0.646. The van der Waals surface area contributed by atoms with Crippen LogP contribution in [0.15, 0.2) is 53.3 Å². The number of nitrogens with one attached hydrogen (secondary N) is 3. The van der Waals surface area contributed by atoms with Crippen molar-refractivity contribution in [1.82, 2.24) is 15.3 Å². The lowest BCUT2D eigenvalue weighted by Crippen LogP contribution is -3.11. The summed E-state index contributed by atoms with van der Waals surface area (Å²) in [5.41, 5.74) is 3.13. The van der Waals surface area contributed by atoms with Crippen LogP contribution in [0, 0.1) is 0 Å². The number of hydrogen-bond acceptors (Lipinski definition) is 3. The Morgan fingerprint density at radius 3 is 2.86 bits per heavy atom. The van der Waals surface area contributed by atoms with E-state index < -0.39 is 0 Å². The molecule has 3 aromatic rings. The summed E-state index contributed by atoms with van der Waals surface area (Å²) in [4.78, 5) is 33.5. The molecule has 29 heavy (non-hydrogen) atoms. The van der Waals surface area contributed by atoms with Gasteiger partial charge in [-0.15, -0.1) is 0 Å². The highest BCUT2D eigenvalue weighted by molar-refractivity contribution is 5.78. The zero-order chi connectivity index (χ0) is 20.2. The van der Waals surface area contributed by atoms with E-state index in [0.717, 1.165) is 30.7 Å². The van der Waals surface area contributed by atoms with Gasteiger partial charge in [-0.25, -0.2) is 4.98 Å². The average molecular weight is 391 g/mol. The highest BCUT2D eigenvalue weighted by Crippen LogP contribution is 2.29. The molecule has 0 aliphatic heterocycles. The van der Waals surface area contributed by atoms with Gasteiger partial charge in [0, 0.05) is 0 Å². The Hall–Kier alpha value is -2.99. The molecular formula is C23H27N4O2+. The van der Waals surface area contributed by atoms with E-state index in [1.165, 1.54) is 11.1 Å². The van der Waals surface area contributed by atoms with Crippen LogP contribution >= 0.6 is 0 Å². The number of aromatic amines is 1. The van der Waals surface area contributed by atoms with Crippen LogP contribution in [0.5, 0.6) is 0 Å². The van der Waals surface area contributed by atoms with Crippen LogP contribution in [0.3, 0.4) is 0 Å². The van der Waals surface area contributed by atoms with Crippen molar-refractivity contribution < 1.29 is 9.69 Å². The van der Waals surface area contributed by atoms with E-state index in [2.05, 4.69) is 33.5 Å². The highest BCUT2D eigenvalue weighted by atomic mass is 16.2. The Morgan fingerprint density at radius 1 is 1.21 bits per heavy atom. The lowest BCUT2D eigenvalue weighted by atomic mass is 9.88. The van der Waals surface area contributed by atoms with E-state index in [1.807, 2.05) is 31.2 Å². The fourth-order valence-electron chi connectivity index (χ4n) is 4.14. The van der Waals surface area contributed by atoms with Crippen LogP contribution in [-0.2, 0) is 17.8 Å². The standard InChI is InChI=1S/C23H26N4O2/c1-2-27(14-21-24-20-12-6-5-11-18(20)23(29)26-21)15-22(28)25-19-13-7-9-16-8-3-4-10-17(16)19/h3-6,8,10-12,19H,2,7,9,13-15H2,1H3,(H,25,28)(H,24,26,29)/p+1/t19-/m0/s1. The van der Waals surface area contributed by atoms with Crippen molar-refractivity contribution in [2.24, 2.45) is 0 Å². The predicted molar refractivity (Wildman–Crippen MR) is 113 cm³/mol. The van der Waals surface area contributed by atoms with Gasteiger partial charge in [0.25, 0.3) is 11.5 Å². The molecule has 2 aromatic carbocycles. The minimum absolute atomic E-state index is 0.0340. The van der Waals surface area contributed by atoms with Gasteiger partial charge >= 0.3 is 0 Å². The molecule has 0 radical (unpaired) electrons. The van der Waals surface area contributed by atoms with Gasteiger partial charge in [-0.3, -0.25) is 9.59 Å². The molecule has 3 N–H and O–H groups in total. The van der Waals surface area contributed by atoms with Crippen molar-refractivity contribution >= 4 is 16.8 Å². The molecule has 6 heteroatoms. The van der Waals surface area contributed by atoms with Gasteiger partial charge in [-0.1, -0.05) is 36.4 Å². The summed E-state index contributed by atoms with van der Waals surface area (Å²) < 4.78 is 0. The molecule has 1 amide bonds. The molecule has 1 aliphatic rings. The molecule has 0 saturated heterocycles. The van der Waals surface area contributed by atoms with Gasteiger partial charge in [0.2, 0.25) is 0 Å². The van der Waals surface area contributed by atoms with Gasteiger partial charge in [-0.05, 0) is 49.4 Å². The Morgan fingerprint density at radius 2 is 2.00 bits per heavy atom. The number of rotatable bonds is 6. The van der Waals surface area contributed by atoms with Gasteiger partial charge in [0.15, 0.2) is 12.4 Å². The van der Waals surface area contributed by atoms with Crippen LogP contribution < -0.4 is 15.8 Å². The number of benzene rings is 2. The minimum Gasteiger partial charge on any atom is -0.344 e. The molecule has 150 valence electrons. The average Bonchev–Trinajstić information content (AvgIpc) is 2.73. The topological polar surface area (TPSA) is 79.3 Å². The van der Waals surface area contributed by atoms with Crippen molar-refractivity contribution in [2.45, 2.75) is 38.8 Å². The second kappa shape index (κ2) is 8.57. The number of aryl methyl sites for hydroxylation is 1. The number of likely N-dealkylation sites (N-methyl/N-ethyl adjacent to an activating group) is 1. The maximum Gasteiger partial charge on any atom is 0.275 e. The number of H-pyrrole nitrogens is 1. The molecule has 1 aliphatic carbocycles. The molecule has 1 heterocycles. The summed E-state index contributed by atoms with van der Waals surface area (Å²) in [6.07, 6.45) is 3.15.